The second-order valence-electron chi connectivity index (χ2n) is 6.07. The van der Waals surface area contributed by atoms with Crippen LogP contribution in [0.5, 0.6) is 0 Å². The minimum absolute atomic E-state index is 0.000180. The molecule has 0 fully saturated rings. The van der Waals surface area contributed by atoms with Crippen molar-refractivity contribution >= 4 is 23.0 Å². The normalized spacial score (nSPS) is 14.0. The van der Waals surface area contributed by atoms with Crippen LogP contribution >= 0.6 is 0 Å². The molecule has 1 amide bonds. The van der Waals surface area contributed by atoms with Crippen molar-refractivity contribution in [2.45, 2.75) is 25.8 Å². The van der Waals surface area contributed by atoms with Crippen molar-refractivity contribution in [1.82, 2.24) is 4.90 Å². The second-order valence-corrected chi connectivity index (χ2v) is 6.07. The number of benzene rings is 1. The lowest BCUT2D eigenvalue weighted by atomic mass is 10.0. The number of hydrogen-bond donors (Lipinski definition) is 2. The number of nitrogens with one attached hydrogen (secondary N) is 2. The number of amides is 1. The fourth-order valence-electron chi connectivity index (χ4n) is 2.02. The fourth-order valence-corrected chi connectivity index (χ4v) is 2.02. The van der Waals surface area contributed by atoms with Crippen molar-refractivity contribution in [1.29, 1.82) is 0 Å². The molecular weight excluding hydrogens is 272 g/mol. The Morgan fingerprint density at radius 1 is 1.43 bits per heavy atom. The number of rotatable bonds is 5. The van der Waals surface area contributed by atoms with Gasteiger partial charge in [-0.05, 0) is 39.6 Å². The van der Waals surface area contributed by atoms with E-state index in [0.29, 0.717) is 23.5 Å². The Labute approximate surface area is 123 Å². The van der Waals surface area contributed by atoms with Crippen LogP contribution in [0.15, 0.2) is 12.1 Å². The van der Waals surface area contributed by atoms with E-state index in [1.807, 2.05) is 32.8 Å². The quantitative estimate of drug-likeness (QED) is 0.638. The highest BCUT2D eigenvalue weighted by Crippen LogP contribution is 2.34. The first kappa shape index (κ1) is 15.2. The number of nitro groups is 1. The minimum atomic E-state index is -0.423. The molecule has 114 valence electrons. The molecule has 2 rings (SSSR count). The summed E-state index contributed by atoms with van der Waals surface area (Å²) in [5, 5.41) is 17.0. The Morgan fingerprint density at radius 2 is 2.10 bits per heavy atom. The Hall–Kier alpha value is -2.15. The molecule has 0 saturated carbocycles. The summed E-state index contributed by atoms with van der Waals surface area (Å²) in [6, 6.07) is 3.11. The van der Waals surface area contributed by atoms with Crippen molar-refractivity contribution in [3.05, 3.63) is 27.8 Å². The molecule has 1 aromatic carbocycles. The van der Waals surface area contributed by atoms with Crippen LogP contribution in [-0.2, 0) is 11.2 Å². The lowest BCUT2D eigenvalue weighted by Gasteiger charge is -2.33. The molecule has 0 unspecified atom stereocenters. The van der Waals surface area contributed by atoms with Gasteiger partial charge in [0, 0.05) is 23.8 Å². The summed E-state index contributed by atoms with van der Waals surface area (Å²) >= 11 is 0. The monoisotopic (exact) mass is 292 g/mol. The van der Waals surface area contributed by atoms with Gasteiger partial charge in [0.1, 0.15) is 5.69 Å². The van der Waals surface area contributed by atoms with E-state index in [0.717, 1.165) is 0 Å². The van der Waals surface area contributed by atoms with Gasteiger partial charge in [-0.1, -0.05) is 0 Å². The molecule has 1 aromatic rings. The summed E-state index contributed by atoms with van der Waals surface area (Å²) in [5.41, 5.74) is 1.59. The van der Waals surface area contributed by atoms with Crippen LogP contribution in [0.2, 0.25) is 0 Å². The van der Waals surface area contributed by atoms with E-state index in [9.17, 15) is 14.9 Å². The first-order valence-electron chi connectivity index (χ1n) is 6.73. The predicted octanol–water partition coefficient (Wildman–Crippen LogP) is 1.84. The van der Waals surface area contributed by atoms with Gasteiger partial charge in [0.05, 0.1) is 11.3 Å². The van der Waals surface area contributed by atoms with E-state index in [1.54, 1.807) is 6.07 Å². The average molecular weight is 292 g/mol. The highest BCUT2D eigenvalue weighted by atomic mass is 16.6. The summed E-state index contributed by atoms with van der Waals surface area (Å²) in [4.78, 5) is 24.2. The molecule has 0 atom stereocenters. The molecule has 2 N–H and O–H groups in total. The largest absolute Gasteiger partial charge is 0.378 e. The highest BCUT2D eigenvalue weighted by molar-refractivity contribution is 6.00. The lowest BCUT2D eigenvalue weighted by Crippen LogP contribution is -2.44. The van der Waals surface area contributed by atoms with Gasteiger partial charge in [-0.15, -0.1) is 0 Å². The van der Waals surface area contributed by atoms with E-state index < -0.39 is 4.92 Å². The Kier molecular flexibility index (Phi) is 3.87. The second kappa shape index (κ2) is 5.33. The number of fused-ring (bicyclic) bond motifs is 1. The van der Waals surface area contributed by atoms with Crippen LogP contribution in [-0.4, -0.2) is 41.9 Å². The number of likely N-dealkylation sites (N-methyl/N-ethyl adjacent to an activating group) is 1. The Morgan fingerprint density at radius 3 is 2.67 bits per heavy atom. The lowest BCUT2D eigenvalue weighted by molar-refractivity contribution is -0.384. The van der Waals surface area contributed by atoms with Gasteiger partial charge in [-0.3, -0.25) is 14.9 Å². The van der Waals surface area contributed by atoms with Gasteiger partial charge in [0.2, 0.25) is 5.91 Å². The molecular formula is C14H20N4O3. The smallest absolute Gasteiger partial charge is 0.292 e. The van der Waals surface area contributed by atoms with Gasteiger partial charge in [-0.25, -0.2) is 0 Å². The first-order valence-corrected chi connectivity index (χ1v) is 6.73. The van der Waals surface area contributed by atoms with Gasteiger partial charge in [-0.2, -0.15) is 0 Å². The zero-order chi connectivity index (χ0) is 15.8. The maximum Gasteiger partial charge on any atom is 0.292 e. The van der Waals surface area contributed by atoms with E-state index >= 15 is 0 Å². The molecule has 21 heavy (non-hydrogen) atoms. The summed E-state index contributed by atoms with van der Waals surface area (Å²) in [5.74, 6) is -0.134. The van der Waals surface area contributed by atoms with Crippen molar-refractivity contribution < 1.29 is 9.72 Å². The molecule has 0 aromatic heterocycles. The van der Waals surface area contributed by atoms with E-state index in [2.05, 4.69) is 10.6 Å². The van der Waals surface area contributed by atoms with Gasteiger partial charge >= 0.3 is 0 Å². The summed E-state index contributed by atoms with van der Waals surface area (Å²) < 4.78 is 0. The zero-order valence-corrected chi connectivity index (χ0v) is 12.7. The van der Waals surface area contributed by atoms with Crippen molar-refractivity contribution in [2.24, 2.45) is 0 Å². The van der Waals surface area contributed by atoms with Gasteiger partial charge in [0.15, 0.2) is 0 Å². The molecule has 0 saturated heterocycles. The number of nitro benzene ring substituents is 1. The third-order valence-electron chi connectivity index (χ3n) is 3.97. The average Bonchev–Trinajstić information content (AvgIpc) is 2.73. The molecule has 0 bridgehead atoms. The van der Waals surface area contributed by atoms with Crippen LogP contribution in [0, 0.1) is 10.1 Å². The maximum absolute atomic E-state index is 11.4. The first-order chi connectivity index (χ1) is 9.70. The third kappa shape index (κ3) is 3.13. The Balaban J connectivity index is 2.29. The molecule has 0 radical (unpaired) electrons. The fraction of sp³-hybridized carbons (Fsp3) is 0.500. The molecule has 0 spiro atoms. The summed E-state index contributed by atoms with van der Waals surface area (Å²) in [6.07, 6.45) is 0.194. The standard InChI is InChI=1S/C14H20N4O3/c1-14(2,17(3)4)8-15-11-7-10-9(6-13(19)16-10)5-12(11)18(20)21/h5,7,15H,6,8H2,1-4H3,(H,16,19). The van der Waals surface area contributed by atoms with E-state index in [1.165, 1.54) is 6.07 Å². The van der Waals surface area contributed by atoms with Crippen molar-refractivity contribution in [2.75, 3.05) is 31.3 Å². The van der Waals surface area contributed by atoms with E-state index in [4.69, 9.17) is 0 Å². The molecule has 0 aliphatic carbocycles. The molecule has 7 heteroatoms. The topological polar surface area (TPSA) is 87.5 Å². The van der Waals surface area contributed by atoms with Crippen molar-refractivity contribution in [3.63, 3.8) is 0 Å². The molecule has 1 aliphatic heterocycles. The van der Waals surface area contributed by atoms with Crippen molar-refractivity contribution in [3.8, 4) is 0 Å². The SMILES string of the molecule is CN(C)C(C)(C)CNc1cc2c(cc1[N+](=O)[O-])CC(=O)N2. The van der Waals surface area contributed by atoms with Crippen LogP contribution in [0.25, 0.3) is 0 Å². The minimum Gasteiger partial charge on any atom is -0.378 e. The Bertz CT molecular complexity index is 596. The number of nitrogens with zero attached hydrogens (tertiary/aromatic N) is 2. The zero-order valence-electron chi connectivity index (χ0n) is 12.7. The predicted molar refractivity (Wildman–Crippen MR) is 81.7 cm³/mol. The third-order valence-corrected chi connectivity index (χ3v) is 3.97. The van der Waals surface area contributed by atoms with E-state index in [-0.39, 0.29) is 23.6 Å². The summed E-state index contributed by atoms with van der Waals surface area (Å²) in [7, 11) is 3.91. The van der Waals surface area contributed by atoms with Crippen LogP contribution < -0.4 is 10.6 Å². The van der Waals surface area contributed by atoms with Crippen LogP contribution in [0.1, 0.15) is 19.4 Å². The maximum atomic E-state index is 11.4. The number of carbonyl (C=O) groups excluding carboxylic acids is 1. The number of anilines is 2. The molecule has 1 aliphatic rings. The number of hydrogen-bond acceptors (Lipinski definition) is 5. The van der Waals surface area contributed by atoms with Gasteiger partial charge < -0.3 is 15.5 Å². The van der Waals surface area contributed by atoms with Crippen LogP contribution in [0.4, 0.5) is 17.1 Å². The molecule has 1 heterocycles. The summed E-state index contributed by atoms with van der Waals surface area (Å²) in [6.45, 7) is 4.63. The highest BCUT2D eigenvalue weighted by Gasteiger charge is 2.26. The van der Waals surface area contributed by atoms with Gasteiger partial charge in [0.25, 0.3) is 5.69 Å². The van der Waals surface area contributed by atoms with Crippen LogP contribution in [0.3, 0.4) is 0 Å². The molecule has 7 nitrogen and oxygen atoms in total. The number of carbonyl (C=O) groups is 1.